The summed E-state index contributed by atoms with van der Waals surface area (Å²) in [6.45, 7) is 2.90. The smallest absolute Gasteiger partial charge is 0.303 e. The van der Waals surface area contributed by atoms with Crippen molar-refractivity contribution in [3.05, 3.63) is 0 Å². The summed E-state index contributed by atoms with van der Waals surface area (Å²) in [6, 6.07) is 0. The maximum Gasteiger partial charge on any atom is 0.303 e. The van der Waals surface area contributed by atoms with Crippen molar-refractivity contribution in [1.29, 1.82) is 0 Å². The zero-order valence-corrected chi connectivity index (χ0v) is 8.16. The fraction of sp³-hybridized carbons (Fsp3) is 0.625. The van der Waals surface area contributed by atoms with Crippen LogP contribution in [-0.4, -0.2) is 28.4 Å². The quantitative estimate of drug-likeness (QED) is 0.543. The predicted octanol–water partition coefficient (Wildman–Crippen LogP) is -0.769. The van der Waals surface area contributed by atoms with E-state index in [4.69, 9.17) is 10.8 Å². The van der Waals surface area contributed by atoms with Crippen LogP contribution in [0.15, 0.2) is 0 Å². The zero-order chi connectivity index (χ0) is 11.4. The third-order valence-electron chi connectivity index (χ3n) is 1.63. The van der Waals surface area contributed by atoms with Gasteiger partial charge in [-0.1, -0.05) is 0 Å². The van der Waals surface area contributed by atoms with Gasteiger partial charge in [0.15, 0.2) is 0 Å². The van der Waals surface area contributed by atoms with Crippen molar-refractivity contribution in [2.24, 2.45) is 5.73 Å². The highest BCUT2D eigenvalue weighted by Gasteiger charge is 2.26. The molecule has 0 saturated heterocycles. The van der Waals surface area contributed by atoms with E-state index in [-0.39, 0.29) is 12.8 Å². The maximum atomic E-state index is 11.1. The van der Waals surface area contributed by atoms with Gasteiger partial charge in [-0.25, -0.2) is 0 Å². The van der Waals surface area contributed by atoms with E-state index < -0.39 is 23.3 Å². The third kappa shape index (κ3) is 4.44. The number of hydrogen-bond donors (Lipinski definition) is 3. The van der Waals surface area contributed by atoms with Gasteiger partial charge in [-0.3, -0.25) is 14.4 Å². The van der Waals surface area contributed by atoms with Crippen LogP contribution >= 0.6 is 0 Å². The molecule has 0 aliphatic rings. The molecule has 6 heteroatoms. The summed E-state index contributed by atoms with van der Waals surface area (Å²) < 4.78 is 0. The first-order chi connectivity index (χ1) is 6.25. The molecule has 0 unspecified atom stereocenters. The third-order valence-corrected chi connectivity index (χ3v) is 1.63. The lowest BCUT2D eigenvalue weighted by atomic mass is 10.0. The molecule has 0 spiro atoms. The molecular formula is C8H14N2O4. The van der Waals surface area contributed by atoms with Crippen LogP contribution in [0.4, 0.5) is 0 Å². The summed E-state index contributed by atoms with van der Waals surface area (Å²) in [5.41, 5.74) is 3.86. The molecule has 0 aromatic heterocycles. The van der Waals surface area contributed by atoms with E-state index in [0.29, 0.717) is 0 Å². The lowest BCUT2D eigenvalue weighted by molar-refractivity contribution is -0.139. The lowest BCUT2D eigenvalue weighted by Crippen LogP contribution is -2.53. The summed E-state index contributed by atoms with van der Waals surface area (Å²) in [5, 5.41) is 10.6. The van der Waals surface area contributed by atoms with Crippen molar-refractivity contribution in [2.75, 3.05) is 0 Å². The Morgan fingerprint density at radius 1 is 1.29 bits per heavy atom. The van der Waals surface area contributed by atoms with E-state index >= 15 is 0 Å². The zero-order valence-electron chi connectivity index (χ0n) is 8.16. The van der Waals surface area contributed by atoms with Gasteiger partial charge < -0.3 is 16.2 Å². The summed E-state index contributed by atoms with van der Waals surface area (Å²) in [7, 11) is 0. The van der Waals surface area contributed by atoms with Crippen molar-refractivity contribution >= 4 is 17.8 Å². The van der Waals surface area contributed by atoms with E-state index in [1.54, 1.807) is 0 Å². The van der Waals surface area contributed by atoms with Gasteiger partial charge in [-0.2, -0.15) is 0 Å². The molecule has 0 radical (unpaired) electrons. The number of carboxylic acid groups (broad SMARTS) is 1. The van der Waals surface area contributed by atoms with Crippen LogP contribution in [0.5, 0.6) is 0 Å². The van der Waals surface area contributed by atoms with Gasteiger partial charge in [0.2, 0.25) is 11.8 Å². The Hall–Kier alpha value is -1.59. The number of primary amides is 1. The number of carbonyl (C=O) groups is 3. The summed E-state index contributed by atoms with van der Waals surface area (Å²) in [5.74, 6) is -2.23. The predicted molar refractivity (Wildman–Crippen MR) is 48.3 cm³/mol. The highest BCUT2D eigenvalue weighted by atomic mass is 16.4. The highest BCUT2D eigenvalue weighted by Crippen LogP contribution is 2.01. The average molecular weight is 202 g/mol. The van der Waals surface area contributed by atoms with E-state index in [1.165, 1.54) is 13.8 Å². The van der Waals surface area contributed by atoms with Crippen molar-refractivity contribution in [3.8, 4) is 0 Å². The fourth-order valence-electron chi connectivity index (χ4n) is 0.693. The number of amides is 2. The standard InChI is InChI=1S/C8H14N2O4/c1-8(2,7(9)14)10-5(11)3-4-6(12)13/h3-4H2,1-2H3,(H2,9,14)(H,10,11)(H,12,13). The van der Waals surface area contributed by atoms with Crippen LogP contribution < -0.4 is 11.1 Å². The minimum Gasteiger partial charge on any atom is -0.481 e. The Balaban J connectivity index is 4.06. The van der Waals surface area contributed by atoms with Gasteiger partial charge in [-0.15, -0.1) is 0 Å². The van der Waals surface area contributed by atoms with Crippen LogP contribution in [0.1, 0.15) is 26.7 Å². The normalized spacial score (nSPS) is 10.7. The first-order valence-electron chi connectivity index (χ1n) is 4.08. The molecule has 4 N–H and O–H groups in total. The van der Waals surface area contributed by atoms with Gasteiger partial charge >= 0.3 is 5.97 Å². The number of hydrogen-bond acceptors (Lipinski definition) is 3. The highest BCUT2D eigenvalue weighted by molar-refractivity contribution is 5.90. The molecule has 0 fully saturated rings. The van der Waals surface area contributed by atoms with E-state index in [9.17, 15) is 14.4 Å². The molecular weight excluding hydrogens is 188 g/mol. The van der Waals surface area contributed by atoms with Crippen LogP contribution in [0, 0.1) is 0 Å². The first-order valence-corrected chi connectivity index (χ1v) is 4.08. The fourth-order valence-corrected chi connectivity index (χ4v) is 0.693. The van der Waals surface area contributed by atoms with Crippen molar-refractivity contribution in [1.82, 2.24) is 5.32 Å². The molecule has 0 rings (SSSR count). The van der Waals surface area contributed by atoms with Crippen molar-refractivity contribution < 1.29 is 19.5 Å². The second-order valence-electron chi connectivity index (χ2n) is 3.43. The molecule has 0 bridgehead atoms. The van der Waals surface area contributed by atoms with Gasteiger partial charge in [-0.05, 0) is 13.8 Å². The second-order valence-corrected chi connectivity index (χ2v) is 3.43. The Bertz CT molecular complexity index is 260. The van der Waals surface area contributed by atoms with Gasteiger partial charge in [0, 0.05) is 6.42 Å². The minimum atomic E-state index is -1.14. The lowest BCUT2D eigenvalue weighted by Gasteiger charge is -2.21. The molecule has 0 atom stereocenters. The average Bonchev–Trinajstić information content (AvgIpc) is 1.99. The number of rotatable bonds is 5. The summed E-state index contributed by atoms with van der Waals surface area (Å²) >= 11 is 0. The van der Waals surface area contributed by atoms with Gasteiger partial charge in [0.05, 0.1) is 6.42 Å². The van der Waals surface area contributed by atoms with E-state index in [1.807, 2.05) is 0 Å². The molecule has 0 aromatic carbocycles. The Labute approximate surface area is 81.5 Å². The maximum absolute atomic E-state index is 11.1. The number of nitrogens with two attached hydrogens (primary N) is 1. The second kappa shape index (κ2) is 4.59. The topological polar surface area (TPSA) is 109 Å². The van der Waals surface area contributed by atoms with Crippen molar-refractivity contribution in [2.45, 2.75) is 32.2 Å². The Morgan fingerprint density at radius 2 is 1.79 bits per heavy atom. The van der Waals surface area contributed by atoms with Crippen molar-refractivity contribution in [3.63, 3.8) is 0 Å². The van der Waals surface area contributed by atoms with Crippen LogP contribution in [0.25, 0.3) is 0 Å². The Morgan fingerprint density at radius 3 is 2.14 bits per heavy atom. The molecule has 0 aliphatic heterocycles. The number of aliphatic carboxylic acids is 1. The molecule has 14 heavy (non-hydrogen) atoms. The molecule has 0 saturated carbocycles. The van der Waals surface area contributed by atoms with Crippen LogP contribution in [0.3, 0.4) is 0 Å². The molecule has 0 aromatic rings. The Kier molecular flexibility index (Phi) is 4.07. The SMILES string of the molecule is CC(C)(NC(=O)CCC(=O)O)C(N)=O. The van der Waals surface area contributed by atoms with Crippen LogP contribution in [-0.2, 0) is 14.4 Å². The number of carbonyl (C=O) groups excluding carboxylic acids is 2. The van der Waals surface area contributed by atoms with Crippen LogP contribution in [0.2, 0.25) is 0 Å². The number of carboxylic acids is 1. The minimum absolute atomic E-state index is 0.161. The summed E-state index contributed by atoms with van der Waals surface area (Å²) in [6.07, 6.45) is -0.424. The van der Waals surface area contributed by atoms with E-state index in [2.05, 4.69) is 5.32 Å². The molecule has 6 nitrogen and oxygen atoms in total. The van der Waals surface area contributed by atoms with Gasteiger partial charge in [0.1, 0.15) is 5.54 Å². The molecule has 80 valence electrons. The monoisotopic (exact) mass is 202 g/mol. The molecule has 0 heterocycles. The molecule has 0 aliphatic carbocycles. The summed E-state index contributed by atoms with van der Waals surface area (Å²) in [4.78, 5) is 32.0. The number of nitrogens with one attached hydrogen (secondary N) is 1. The van der Waals surface area contributed by atoms with E-state index in [0.717, 1.165) is 0 Å². The molecule has 2 amide bonds. The largest absolute Gasteiger partial charge is 0.481 e. The first kappa shape index (κ1) is 12.4. The van der Waals surface area contributed by atoms with Gasteiger partial charge in [0.25, 0.3) is 0 Å².